The molecule has 8 nitrogen and oxygen atoms in total. The summed E-state index contributed by atoms with van der Waals surface area (Å²) in [5.74, 6) is -0.505. The third-order valence-electron chi connectivity index (χ3n) is 3.99. The van der Waals surface area contributed by atoms with E-state index in [1.807, 2.05) is 42.5 Å². The topological polar surface area (TPSA) is 103 Å². The number of esters is 1. The van der Waals surface area contributed by atoms with Gasteiger partial charge in [0, 0.05) is 6.54 Å². The average Bonchev–Trinajstić information content (AvgIpc) is 2.68. The number of carbonyl (C=O) groups is 3. The van der Waals surface area contributed by atoms with Gasteiger partial charge in [0.05, 0.1) is 0 Å². The first-order valence-electron chi connectivity index (χ1n) is 11.2. The van der Waals surface area contributed by atoms with E-state index in [9.17, 15) is 14.4 Å². The van der Waals surface area contributed by atoms with Crippen LogP contribution < -0.4 is 10.6 Å². The number of unbranched alkanes of at least 4 members (excludes halogenated alkanes) is 1. The predicted octanol–water partition coefficient (Wildman–Crippen LogP) is 4.87. The average molecular weight is 463 g/mol. The summed E-state index contributed by atoms with van der Waals surface area (Å²) < 4.78 is 15.8. The molecule has 0 heterocycles. The van der Waals surface area contributed by atoms with Gasteiger partial charge in [-0.1, -0.05) is 42.5 Å². The third-order valence-corrected chi connectivity index (χ3v) is 3.99. The van der Waals surface area contributed by atoms with Crippen LogP contribution in [0.3, 0.4) is 0 Å². The zero-order valence-electron chi connectivity index (χ0n) is 20.6. The SMILES string of the molecule is CC(C)(C)OC(=O)NCC=CCCC[C@H](NC(=O)OCc1ccccc1)C(=O)OC(C)(C)C. The Kier molecular flexibility index (Phi) is 11.5. The van der Waals surface area contributed by atoms with E-state index in [-0.39, 0.29) is 6.61 Å². The van der Waals surface area contributed by atoms with Crippen LogP contribution in [-0.2, 0) is 25.6 Å². The zero-order chi connectivity index (χ0) is 24.9. The first-order chi connectivity index (χ1) is 15.4. The van der Waals surface area contributed by atoms with Gasteiger partial charge in [0.1, 0.15) is 23.9 Å². The summed E-state index contributed by atoms with van der Waals surface area (Å²) in [6.07, 6.45) is 4.24. The second kappa shape index (κ2) is 13.5. The van der Waals surface area contributed by atoms with Gasteiger partial charge in [-0.25, -0.2) is 14.4 Å². The molecule has 0 spiro atoms. The zero-order valence-corrected chi connectivity index (χ0v) is 20.6. The van der Waals surface area contributed by atoms with Gasteiger partial charge in [-0.05, 0) is 66.4 Å². The van der Waals surface area contributed by atoms with Crippen molar-refractivity contribution in [3.05, 3.63) is 48.0 Å². The highest BCUT2D eigenvalue weighted by Crippen LogP contribution is 2.12. The molecule has 0 aliphatic carbocycles. The van der Waals surface area contributed by atoms with E-state index in [0.717, 1.165) is 5.56 Å². The fourth-order valence-electron chi connectivity index (χ4n) is 2.63. The Morgan fingerprint density at radius 2 is 1.55 bits per heavy atom. The molecule has 0 bridgehead atoms. The number of carbonyl (C=O) groups excluding carboxylic acids is 3. The van der Waals surface area contributed by atoms with E-state index in [2.05, 4.69) is 10.6 Å². The van der Waals surface area contributed by atoms with Crippen molar-refractivity contribution in [1.82, 2.24) is 10.6 Å². The van der Waals surface area contributed by atoms with Crippen LogP contribution in [0, 0.1) is 0 Å². The van der Waals surface area contributed by atoms with Crippen LogP contribution in [0.25, 0.3) is 0 Å². The fourth-order valence-corrected chi connectivity index (χ4v) is 2.63. The molecule has 184 valence electrons. The molecule has 0 radical (unpaired) electrons. The number of amides is 2. The van der Waals surface area contributed by atoms with Crippen LogP contribution in [0.15, 0.2) is 42.5 Å². The highest BCUT2D eigenvalue weighted by Gasteiger charge is 2.26. The van der Waals surface area contributed by atoms with Gasteiger partial charge in [-0.3, -0.25) is 0 Å². The van der Waals surface area contributed by atoms with Crippen molar-refractivity contribution in [2.24, 2.45) is 0 Å². The number of nitrogens with one attached hydrogen (secondary N) is 2. The molecule has 1 aromatic carbocycles. The maximum Gasteiger partial charge on any atom is 0.408 e. The highest BCUT2D eigenvalue weighted by molar-refractivity contribution is 5.81. The van der Waals surface area contributed by atoms with Crippen LogP contribution in [0.2, 0.25) is 0 Å². The van der Waals surface area contributed by atoms with E-state index in [0.29, 0.717) is 25.8 Å². The summed E-state index contributed by atoms with van der Waals surface area (Å²) in [5.41, 5.74) is -0.357. The van der Waals surface area contributed by atoms with Crippen molar-refractivity contribution >= 4 is 18.2 Å². The lowest BCUT2D eigenvalue weighted by Crippen LogP contribution is -2.44. The summed E-state index contributed by atoms with van der Waals surface area (Å²) in [6, 6.07) is 8.48. The van der Waals surface area contributed by atoms with Crippen molar-refractivity contribution < 1.29 is 28.6 Å². The number of hydrogen-bond donors (Lipinski definition) is 2. The molecule has 1 atom stereocenters. The predicted molar refractivity (Wildman–Crippen MR) is 127 cm³/mol. The molecule has 0 fully saturated rings. The lowest BCUT2D eigenvalue weighted by molar-refractivity contribution is -0.157. The smallest absolute Gasteiger partial charge is 0.408 e. The summed E-state index contributed by atoms with van der Waals surface area (Å²) >= 11 is 0. The molecule has 0 aliphatic rings. The number of hydrogen-bond acceptors (Lipinski definition) is 6. The molecule has 0 saturated heterocycles. The third kappa shape index (κ3) is 14.6. The van der Waals surface area contributed by atoms with Gasteiger partial charge >= 0.3 is 18.2 Å². The second-order valence-corrected chi connectivity index (χ2v) is 9.58. The Hall–Kier alpha value is -3.03. The molecule has 2 N–H and O–H groups in total. The standard InChI is InChI=1S/C25H38N2O6/c1-24(2,3)32-21(28)20(27-23(30)31-18-19-14-10-9-11-15-19)16-12-7-8-13-17-26-22(29)33-25(4,5)6/h8-11,13-15,20H,7,12,16-18H2,1-6H3,(H,26,29)(H,27,30)/t20-/m0/s1. The maximum atomic E-state index is 12.6. The van der Waals surface area contributed by atoms with Crippen LogP contribution >= 0.6 is 0 Å². The van der Waals surface area contributed by atoms with E-state index in [4.69, 9.17) is 14.2 Å². The van der Waals surface area contributed by atoms with Gasteiger partial charge < -0.3 is 24.8 Å². The van der Waals surface area contributed by atoms with Gasteiger partial charge in [0.25, 0.3) is 0 Å². The monoisotopic (exact) mass is 462 g/mol. The number of allylic oxidation sites excluding steroid dienone is 1. The molecule has 8 heteroatoms. The molecule has 1 rings (SSSR count). The normalized spacial score (nSPS) is 12.7. The molecule has 33 heavy (non-hydrogen) atoms. The summed E-state index contributed by atoms with van der Waals surface area (Å²) in [6.45, 7) is 11.2. The van der Waals surface area contributed by atoms with E-state index in [1.165, 1.54) is 0 Å². The first-order valence-corrected chi connectivity index (χ1v) is 11.2. The molecule has 0 aliphatic heterocycles. The Labute approximate surface area is 197 Å². The van der Waals surface area contributed by atoms with Gasteiger partial charge in [0.15, 0.2) is 0 Å². The van der Waals surface area contributed by atoms with Crippen LogP contribution in [0.4, 0.5) is 9.59 Å². The Morgan fingerprint density at radius 3 is 2.15 bits per heavy atom. The van der Waals surface area contributed by atoms with Crippen molar-refractivity contribution in [2.75, 3.05) is 6.54 Å². The van der Waals surface area contributed by atoms with Gasteiger partial charge in [-0.15, -0.1) is 0 Å². The molecule has 2 amide bonds. The second-order valence-electron chi connectivity index (χ2n) is 9.58. The molecular formula is C25H38N2O6. The largest absolute Gasteiger partial charge is 0.458 e. The van der Waals surface area contributed by atoms with Gasteiger partial charge in [-0.2, -0.15) is 0 Å². The minimum absolute atomic E-state index is 0.112. The Morgan fingerprint density at radius 1 is 0.909 bits per heavy atom. The van der Waals surface area contributed by atoms with E-state index in [1.54, 1.807) is 41.5 Å². The van der Waals surface area contributed by atoms with Crippen molar-refractivity contribution in [3.8, 4) is 0 Å². The summed E-state index contributed by atoms with van der Waals surface area (Å²) in [5, 5.41) is 5.26. The van der Waals surface area contributed by atoms with Crippen molar-refractivity contribution in [3.63, 3.8) is 0 Å². The lowest BCUT2D eigenvalue weighted by atomic mass is 10.1. The molecule has 0 aromatic heterocycles. The van der Waals surface area contributed by atoms with Gasteiger partial charge in [0.2, 0.25) is 0 Å². The molecule has 0 unspecified atom stereocenters. The lowest BCUT2D eigenvalue weighted by Gasteiger charge is -2.24. The van der Waals surface area contributed by atoms with Crippen LogP contribution in [0.5, 0.6) is 0 Å². The number of benzene rings is 1. The van der Waals surface area contributed by atoms with E-state index < -0.39 is 35.4 Å². The van der Waals surface area contributed by atoms with Crippen molar-refractivity contribution in [2.45, 2.75) is 84.7 Å². The molecule has 0 saturated carbocycles. The quantitative estimate of drug-likeness (QED) is 0.222. The minimum atomic E-state index is -0.819. The van der Waals surface area contributed by atoms with Crippen molar-refractivity contribution in [1.29, 1.82) is 0 Å². The van der Waals surface area contributed by atoms with Crippen LogP contribution in [0.1, 0.15) is 66.4 Å². The number of ether oxygens (including phenoxy) is 3. The number of rotatable bonds is 10. The summed E-state index contributed by atoms with van der Waals surface area (Å²) in [7, 11) is 0. The first kappa shape index (κ1) is 28.0. The summed E-state index contributed by atoms with van der Waals surface area (Å²) in [4.78, 5) is 36.4. The highest BCUT2D eigenvalue weighted by atomic mass is 16.6. The Balaban J connectivity index is 2.48. The molecule has 1 aromatic rings. The number of alkyl carbamates (subject to hydrolysis) is 2. The fraction of sp³-hybridized carbons (Fsp3) is 0.560. The Bertz CT molecular complexity index is 778. The van der Waals surface area contributed by atoms with E-state index >= 15 is 0 Å². The maximum absolute atomic E-state index is 12.6. The van der Waals surface area contributed by atoms with Crippen LogP contribution in [-0.4, -0.2) is 41.9 Å². The minimum Gasteiger partial charge on any atom is -0.458 e. The molecular weight excluding hydrogens is 424 g/mol.